The predicted molar refractivity (Wildman–Crippen MR) is 123 cm³/mol. The summed E-state index contributed by atoms with van der Waals surface area (Å²) in [6, 6.07) is 0. The highest BCUT2D eigenvalue weighted by molar-refractivity contribution is 5.83. The van der Waals surface area contributed by atoms with Crippen LogP contribution in [0.15, 0.2) is 0 Å². The normalized spacial score (nSPS) is 47.8. The molecular formula is C27H44O5. The molecule has 5 heteroatoms. The molecule has 0 aliphatic heterocycles. The number of carboxylic acids is 1. The zero-order valence-corrected chi connectivity index (χ0v) is 20.4. The summed E-state index contributed by atoms with van der Waals surface area (Å²) < 4.78 is 0. The fraction of sp³-hybridized carbons (Fsp3) is 0.926. The number of rotatable bonds is 6. The van der Waals surface area contributed by atoms with E-state index in [0.717, 1.165) is 44.9 Å². The summed E-state index contributed by atoms with van der Waals surface area (Å²) >= 11 is 0. The number of aliphatic carboxylic acids is 1. The van der Waals surface area contributed by atoms with Crippen molar-refractivity contribution >= 4 is 11.8 Å². The van der Waals surface area contributed by atoms with Gasteiger partial charge in [0.05, 0.1) is 18.1 Å². The van der Waals surface area contributed by atoms with Crippen LogP contribution in [-0.2, 0) is 9.59 Å². The van der Waals surface area contributed by atoms with Gasteiger partial charge in [-0.25, -0.2) is 0 Å². The number of fused-ring (bicyclic) bond motifs is 5. The summed E-state index contributed by atoms with van der Waals surface area (Å²) in [5.41, 5.74) is -0.178. The van der Waals surface area contributed by atoms with Crippen LogP contribution in [0, 0.1) is 52.3 Å². The second-order valence-corrected chi connectivity index (χ2v) is 12.5. The Kier molecular flexibility index (Phi) is 6.57. The summed E-state index contributed by atoms with van der Waals surface area (Å²) in [6.07, 6.45) is 7.81. The third kappa shape index (κ3) is 3.76. The van der Waals surface area contributed by atoms with E-state index in [1.165, 1.54) is 0 Å². The van der Waals surface area contributed by atoms with Gasteiger partial charge < -0.3 is 15.3 Å². The first-order valence-electron chi connectivity index (χ1n) is 13.1. The smallest absolute Gasteiger partial charge is 0.306 e. The van der Waals surface area contributed by atoms with E-state index in [0.29, 0.717) is 36.9 Å². The lowest BCUT2D eigenvalue weighted by Crippen LogP contribution is -2.61. The van der Waals surface area contributed by atoms with Gasteiger partial charge >= 0.3 is 5.97 Å². The third-order valence-corrected chi connectivity index (χ3v) is 11.0. The quantitative estimate of drug-likeness (QED) is 0.548. The molecule has 0 heterocycles. The summed E-state index contributed by atoms with van der Waals surface area (Å²) in [6.45, 7) is 8.63. The molecule has 0 spiro atoms. The van der Waals surface area contributed by atoms with Gasteiger partial charge in [0.25, 0.3) is 0 Å². The van der Waals surface area contributed by atoms with Gasteiger partial charge in [0.15, 0.2) is 0 Å². The molecule has 0 radical (unpaired) electrons. The highest BCUT2D eigenvalue weighted by Crippen LogP contribution is 2.67. The van der Waals surface area contributed by atoms with Crippen molar-refractivity contribution in [1.29, 1.82) is 0 Å². The molecule has 0 saturated heterocycles. The van der Waals surface area contributed by atoms with Crippen LogP contribution in [0.5, 0.6) is 0 Å². The molecule has 4 rings (SSSR count). The van der Waals surface area contributed by atoms with Crippen LogP contribution in [-0.4, -0.2) is 39.3 Å². The van der Waals surface area contributed by atoms with E-state index >= 15 is 0 Å². The van der Waals surface area contributed by atoms with Crippen LogP contribution in [0.4, 0.5) is 0 Å². The molecule has 0 aromatic heterocycles. The maximum atomic E-state index is 13.5. The predicted octanol–water partition coefficient (Wildman–Crippen LogP) is 4.68. The minimum atomic E-state index is -0.725. The number of hydrogen-bond acceptors (Lipinski definition) is 4. The van der Waals surface area contributed by atoms with Crippen molar-refractivity contribution in [2.24, 2.45) is 52.3 Å². The molecule has 5 nitrogen and oxygen atoms in total. The second kappa shape index (κ2) is 8.69. The molecule has 1 unspecified atom stereocenters. The minimum absolute atomic E-state index is 0.0524. The van der Waals surface area contributed by atoms with Crippen molar-refractivity contribution in [1.82, 2.24) is 0 Å². The van der Waals surface area contributed by atoms with E-state index in [1.54, 1.807) is 6.92 Å². The summed E-state index contributed by atoms with van der Waals surface area (Å²) in [4.78, 5) is 24.6. The Labute approximate surface area is 193 Å². The second-order valence-electron chi connectivity index (χ2n) is 12.5. The summed E-state index contributed by atoms with van der Waals surface area (Å²) in [5, 5.41) is 31.0. The highest BCUT2D eigenvalue weighted by Gasteiger charge is 2.65. The Morgan fingerprint density at radius 3 is 2.47 bits per heavy atom. The number of hydrogen-bond donors (Lipinski definition) is 3. The van der Waals surface area contributed by atoms with Gasteiger partial charge in [-0.2, -0.15) is 0 Å². The number of carbonyl (C=O) groups excluding carboxylic acids is 1. The lowest BCUT2D eigenvalue weighted by molar-refractivity contribution is -0.182. The standard InChI is InChI=1S/C27H44O5/c1-15(6-5-7-16(2)25(31)32)19-8-9-20-24-21(14-23(30)27(19,20)4)26(3)11-10-18(28)12-17(26)13-22(24)29/h15-21,23-24,28,30H,5-14H2,1-4H3,(H,31,32)/t15-,16?,17+,18-,19-,20+,21+,23+,24+,26+,27-/m1/s1. The molecule has 4 aliphatic rings. The van der Waals surface area contributed by atoms with Gasteiger partial charge in [0.2, 0.25) is 0 Å². The van der Waals surface area contributed by atoms with E-state index in [1.807, 2.05) is 0 Å². The Bertz CT molecular complexity index is 736. The van der Waals surface area contributed by atoms with Crippen molar-refractivity contribution in [2.45, 2.75) is 104 Å². The zero-order valence-electron chi connectivity index (χ0n) is 20.4. The van der Waals surface area contributed by atoms with Crippen molar-refractivity contribution < 1.29 is 24.9 Å². The van der Waals surface area contributed by atoms with Crippen LogP contribution >= 0.6 is 0 Å². The Morgan fingerprint density at radius 1 is 1.06 bits per heavy atom. The number of carboxylic acid groups (broad SMARTS) is 1. The molecule has 32 heavy (non-hydrogen) atoms. The SMILES string of the molecule is CC(CCC[C@@H](C)[C@H]1CC[C@H]2[C@@H]3C(=O)C[C@@H]4C[C@H](O)CC[C@]4(C)[C@H]3C[C@H](O)[C@]12C)C(=O)O. The number of ketones is 1. The molecule has 3 N–H and O–H groups in total. The molecule has 0 aromatic carbocycles. The van der Waals surface area contributed by atoms with E-state index in [2.05, 4.69) is 20.8 Å². The zero-order chi connectivity index (χ0) is 23.4. The van der Waals surface area contributed by atoms with Gasteiger partial charge in [0, 0.05) is 17.8 Å². The van der Waals surface area contributed by atoms with E-state index in [9.17, 15) is 19.8 Å². The lowest BCUT2D eigenvalue weighted by atomic mass is 9.43. The lowest BCUT2D eigenvalue weighted by Gasteiger charge is -2.61. The first kappa shape index (κ1) is 24.2. The van der Waals surface area contributed by atoms with Crippen LogP contribution in [0.2, 0.25) is 0 Å². The van der Waals surface area contributed by atoms with Crippen molar-refractivity contribution in [3.05, 3.63) is 0 Å². The topological polar surface area (TPSA) is 94.8 Å². The van der Waals surface area contributed by atoms with E-state index in [-0.39, 0.29) is 46.5 Å². The Balaban J connectivity index is 1.51. The van der Waals surface area contributed by atoms with E-state index < -0.39 is 12.1 Å². The van der Waals surface area contributed by atoms with Crippen molar-refractivity contribution in [2.75, 3.05) is 0 Å². The third-order valence-electron chi connectivity index (χ3n) is 11.0. The number of Topliss-reactive ketones (excluding diaryl/α,β-unsaturated/α-hetero) is 1. The van der Waals surface area contributed by atoms with Crippen LogP contribution in [0.25, 0.3) is 0 Å². The Morgan fingerprint density at radius 2 is 1.78 bits per heavy atom. The minimum Gasteiger partial charge on any atom is -0.481 e. The average molecular weight is 449 g/mol. The summed E-state index contributed by atoms with van der Waals surface area (Å²) in [7, 11) is 0. The largest absolute Gasteiger partial charge is 0.481 e. The van der Waals surface area contributed by atoms with Crippen LogP contribution in [0.1, 0.15) is 91.9 Å². The number of carbonyl (C=O) groups is 2. The van der Waals surface area contributed by atoms with Gasteiger partial charge in [-0.15, -0.1) is 0 Å². The van der Waals surface area contributed by atoms with Gasteiger partial charge in [0.1, 0.15) is 5.78 Å². The van der Waals surface area contributed by atoms with Crippen LogP contribution in [0.3, 0.4) is 0 Å². The molecule has 4 saturated carbocycles. The maximum Gasteiger partial charge on any atom is 0.306 e. The van der Waals surface area contributed by atoms with Crippen molar-refractivity contribution in [3.63, 3.8) is 0 Å². The highest BCUT2D eigenvalue weighted by atomic mass is 16.4. The molecule has 4 aliphatic carbocycles. The molecule has 4 fully saturated rings. The molecular weight excluding hydrogens is 404 g/mol. The van der Waals surface area contributed by atoms with Gasteiger partial charge in [-0.3, -0.25) is 9.59 Å². The molecule has 0 amide bonds. The monoisotopic (exact) mass is 448 g/mol. The van der Waals surface area contributed by atoms with Gasteiger partial charge in [-0.05, 0) is 80.0 Å². The Hall–Kier alpha value is -0.940. The van der Waals surface area contributed by atoms with Crippen molar-refractivity contribution in [3.8, 4) is 0 Å². The first-order valence-corrected chi connectivity index (χ1v) is 13.1. The molecule has 0 aromatic rings. The fourth-order valence-electron chi connectivity index (χ4n) is 8.92. The average Bonchev–Trinajstić information content (AvgIpc) is 3.08. The van der Waals surface area contributed by atoms with Gasteiger partial charge in [-0.1, -0.05) is 40.5 Å². The molecule has 11 atom stereocenters. The van der Waals surface area contributed by atoms with E-state index in [4.69, 9.17) is 5.11 Å². The summed E-state index contributed by atoms with van der Waals surface area (Å²) in [5.74, 6) is 0.957. The number of aliphatic hydroxyl groups is 2. The first-order chi connectivity index (χ1) is 15.0. The molecule has 0 bridgehead atoms. The maximum absolute atomic E-state index is 13.5. The van der Waals surface area contributed by atoms with Crippen LogP contribution < -0.4 is 0 Å². The fourth-order valence-corrected chi connectivity index (χ4v) is 8.92. The molecule has 182 valence electrons. The number of aliphatic hydroxyl groups excluding tert-OH is 2.